The van der Waals surface area contributed by atoms with Gasteiger partial charge in [-0.3, -0.25) is 9.48 Å². The van der Waals surface area contributed by atoms with Gasteiger partial charge in [-0.25, -0.2) is 0 Å². The molecule has 34 heavy (non-hydrogen) atoms. The lowest BCUT2D eigenvalue weighted by atomic mass is 10.1. The molecule has 0 spiro atoms. The normalized spacial score (nSPS) is 10.9. The Morgan fingerprint density at radius 2 is 1.85 bits per heavy atom. The van der Waals surface area contributed by atoms with Crippen LogP contribution in [0.1, 0.15) is 16.7 Å². The SMILES string of the molecule is COc1ccc(C=CC(=O)Nc2ccn(Cc3ccccc3)n2)cc1COc1ccc(Br)cc1. The Morgan fingerprint density at radius 3 is 2.62 bits per heavy atom. The largest absolute Gasteiger partial charge is 0.496 e. The maximum atomic E-state index is 12.4. The Balaban J connectivity index is 1.36. The fourth-order valence-corrected chi connectivity index (χ4v) is 3.60. The summed E-state index contributed by atoms with van der Waals surface area (Å²) < 4.78 is 14.1. The number of anilines is 1. The van der Waals surface area contributed by atoms with Gasteiger partial charge in [0, 0.05) is 28.4 Å². The van der Waals surface area contributed by atoms with E-state index in [2.05, 4.69) is 26.3 Å². The first-order valence-electron chi connectivity index (χ1n) is 10.7. The summed E-state index contributed by atoms with van der Waals surface area (Å²) in [6.45, 7) is 0.987. The number of benzene rings is 3. The van der Waals surface area contributed by atoms with Crippen LogP contribution in [0.15, 0.2) is 95.6 Å². The summed E-state index contributed by atoms with van der Waals surface area (Å²) in [6.07, 6.45) is 5.07. The van der Waals surface area contributed by atoms with Gasteiger partial charge in [-0.2, -0.15) is 5.10 Å². The number of methoxy groups -OCH3 is 1. The number of rotatable bonds is 9. The molecule has 1 amide bonds. The highest BCUT2D eigenvalue weighted by Crippen LogP contribution is 2.24. The summed E-state index contributed by atoms with van der Waals surface area (Å²) in [4.78, 5) is 12.4. The van der Waals surface area contributed by atoms with Crippen molar-refractivity contribution in [2.75, 3.05) is 12.4 Å². The monoisotopic (exact) mass is 517 g/mol. The summed E-state index contributed by atoms with van der Waals surface area (Å²) >= 11 is 3.42. The van der Waals surface area contributed by atoms with Gasteiger partial charge in [-0.1, -0.05) is 52.3 Å². The maximum Gasteiger partial charge on any atom is 0.249 e. The number of hydrogen-bond donors (Lipinski definition) is 1. The number of nitrogens with zero attached hydrogens (tertiary/aromatic N) is 2. The lowest BCUT2D eigenvalue weighted by Crippen LogP contribution is -2.09. The third-order valence-corrected chi connectivity index (χ3v) is 5.55. The Bertz CT molecular complexity index is 1270. The molecule has 0 aliphatic carbocycles. The second-order valence-electron chi connectivity index (χ2n) is 7.52. The van der Waals surface area contributed by atoms with Crippen LogP contribution >= 0.6 is 15.9 Å². The van der Waals surface area contributed by atoms with Crippen LogP contribution in [0.5, 0.6) is 11.5 Å². The van der Waals surface area contributed by atoms with Gasteiger partial charge in [0.05, 0.1) is 13.7 Å². The minimum absolute atomic E-state index is 0.256. The average Bonchev–Trinajstić information content (AvgIpc) is 3.29. The number of carbonyl (C=O) groups is 1. The number of aromatic nitrogens is 2. The van der Waals surface area contributed by atoms with E-state index >= 15 is 0 Å². The number of amides is 1. The van der Waals surface area contributed by atoms with Crippen molar-refractivity contribution in [2.45, 2.75) is 13.2 Å². The molecule has 4 aromatic rings. The van der Waals surface area contributed by atoms with E-state index in [1.807, 2.05) is 79.0 Å². The van der Waals surface area contributed by atoms with Gasteiger partial charge in [0.25, 0.3) is 0 Å². The number of ether oxygens (including phenoxy) is 2. The summed E-state index contributed by atoms with van der Waals surface area (Å²) in [5.41, 5.74) is 2.88. The molecule has 0 saturated carbocycles. The van der Waals surface area contributed by atoms with E-state index in [0.29, 0.717) is 19.0 Å². The first-order chi connectivity index (χ1) is 16.6. The van der Waals surface area contributed by atoms with Gasteiger partial charge in [-0.15, -0.1) is 0 Å². The Hall–Kier alpha value is -3.84. The molecule has 0 saturated heterocycles. The zero-order valence-electron chi connectivity index (χ0n) is 18.6. The van der Waals surface area contributed by atoms with E-state index in [0.717, 1.165) is 32.7 Å². The van der Waals surface area contributed by atoms with Crippen molar-refractivity contribution in [2.24, 2.45) is 0 Å². The van der Waals surface area contributed by atoms with Gasteiger partial charge >= 0.3 is 0 Å². The standard InChI is InChI=1S/C27H24BrN3O3/c1-33-25-13-7-20(17-22(25)19-34-24-11-9-23(28)10-12-24)8-14-27(32)29-26-15-16-31(30-26)18-21-5-3-2-4-6-21/h2-17H,18-19H2,1H3,(H,29,30,32). The van der Waals surface area contributed by atoms with Gasteiger partial charge in [0.2, 0.25) is 5.91 Å². The highest BCUT2D eigenvalue weighted by molar-refractivity contribution is 9.10. The molecule has 0 unspecified atom stereocenters. The number of hydrogen-bond acceptors (Lipinski definition) is 4. The van der Waals surface area contributed by atoms with E-state index in [1.165, 1.54) is 6.08 Å². The molecule has 172 valence electrons. The van der Waals surface area contributed by atoms with Crippen molar-refractivity contribution in [3.8, 4) is 11.5 Å². The Kier molecular flexibility index (Phi) is 7.78. The maximum absolute atomic E-state index is 12.4. The van der Waals surface area contributed by atoms with Gasteiger partial charge < -0.3 is 14.8 Å². The molecule has 0 atom stereocenters. The van der Waals surface area contributed by atoms with Crippen LogP contribution in [0.25, 0.3) is 6.08 Å². The zero-order chi connectivity index (χ0) is 23.8. The zero-order valence-corrected chi connectivity index (χ0v) is 20.2. The highest BCUT2D eigenvalue weighted by atomic mass is 79.9. The molecule has 0 aliphatic heterocycles. The Morgan fingerprint density at radius 1 is 1.06 bits per heavy atom. The van der Waals surface area contributed by atoms with Crippen LogP contribution in [-0.4, -0.2) is 22.8 Å². The van der Waals surface area contributed by atoms with E-state index in [4.69, 9.17) is 9.47 Å². The molecule has 0 aliphatic rings. The molecule has 1 N–H and O–H groups in total. The molecular formula is C27H24BrN3O3. The van der Waals surface area contributed by atoms with E-state index in [9.17, 15) is 4.79 Å². The van der Waals surface area contributed by atoms with Crippen molar-refractivity contribution in [3.05, 3.63) is 112 Å². The molecule has 0 bridgehead atoms. The van der Waals surface area contributed by atoms with Crippen molar-refractivity contribution >= 4 is 33.7 Å². The first kappa shape index (κ1) is 23.3. The molecule has 1 heterocycles. The summed E-state index contributed by atoms with van der Waals surface area (Å²) in [6, 6.07) is 25.1. The molecule has 3 aromatic carbocycles. The van der Waals surface area contributed by atoms with Crippen molar-refractivity contribution in [1.29, 1.82) is 0 Å². The minimum atomic E-state index is -0.256. The fourth-order valence-electron chi connectivity index (χ4n) is 3.33. The van der Waals surface area contributed by atoms with Crippen molar-refractivity contribution in [1.82, 2.24) is 9.78 Å². The smallest absolute Gasteiger partial charge is 0.249 e. The average molecular weight is 518 g/mol. The molecule has 0 radical (unpaired) electrons. The molecule has 1 aromatic heterocycles. The molecule has 4 rings (SSSR count). The van der Waals surface area contributed by atoms with Crippen molar-refractivity contribution in [3.63, 3.8) is 0 Å². The van der Waals surface area contributed by atoms with Crippen LogP contribution in [0, 0.1) is 0 Å². The minimum Gasteiger partial charge on any atom is -0.496 e. The lowest BCUT2D eigenvalue weighted by molar-refractivity contribution is -0.111. The van der Waals surface area contributed by atoms with E-state index < -0.39 is 0 Å². The third-order valence-electron chi connectivity index (χ3n) is 5.02. The number of carbonyl (C=O) groups excluding carboxylic acids is 1. The highest BCUT2D eigenvalue weighted by Gasteiger charge is 2.07. The summed E-state index contributed by atoms with van der Waals surface area (Å²) in [7, 11) is 1.62. The van der Waals surface area contributed by atoms with Crippen LogP contribution in [0.3, 0.4) is 0 Å². The third kappa shape index (κ3) is 6.59. The van der Waals surface area contributed by atoms with Crippen LogP contribution < -0.4 is 14.8 Å². The van der Waals surface area contributed by atoms with Crippen LogP contribution in [-0.2, 0) is 17.9 Å². The van der Waals surface area contributed by atoms with Crippen LogP contribution in [0.4, 0.5) is 5.82 Å². The van der Waals surface area contributed by atoms with Gasteiger partial charge in [-0.05, 0) is 53.6 Å². The molecule has 6 nitrogen and oxygen atoms in total. The lowest BCUT2D eigenvalue weighted by Gasteiger charge is -2.11. The number of halogens is 1. The second kappa shape index (κ2) is 11.3. The van der Waals surface area contributed by atoms with E-state index in [-0.39, 0.29) is 5.91 Å². The van der Waals surface area contributed by atoms with Crippen molar-refractivity contribution < 1.29 is 14.3 Å². The van der Waals surface area contributed by atoms with Gasteiger partial charge in [0.1, 0.15) is 18.1 Å². The predicted octanol–water partition coefficient (Wildman–Crippen LogP) is 5.93. The second-order valence-corrected chi connectivity index (χ2v) is 8.44. The van der Waals surface area contributed by atoms with Gasteiger partial charge in [0.15, 0.2) is 5.82 Å². The fraction of sp³-hybridized carbons (Fsp3) is 0.111. The number of nitrogens with one attached hydrogen (secondary N) is 1. The molecular weight excluding hydrogens is 494 g/mol. The summed E-state index contributed by atoms with van der Waals surface area (Å²) in [5, 5.41) is 7.21. The topological polar surface area (TPSA) is 65.4 Å². The molecule has 0 fully saturated rings. The predicted molar refractivity (Wildman–Crippen MR) is 137 cm³/mol. The molecule has 7 heteroatoms. The van der Waals surface area contributed by atoms with Crippen LogP contribution in [0.2, 0.25) is 0 Å². The first-order valence-corrected chi connectivity index (χ1v) is 11.5. The van der Waals surface area contributed by atoms with E-state index in [1.54, 1.807) is 23.9 Å². The Labute approximate surface area is 207 Å². The quantitative estimate of drug-likeness (QED) is 0.279. The summed E-state index contributed by atoms with van der Waals surface area (Å²) in [5.74, 6) is 1.73.